The molecule has 2 aliphatic rings. The van der Waals surface area contributed by atoms with Crippen LogP contribution in [-0.2, 0) is 0 Å². The minimum atomic E-state index is -0.770. The van der Waals surface area contributed by atoms with Crippen LogP contribution in [0.4, 0.5) is 13.2 Å². The molecule has 1 atom stereocenters. The summed E-state index contributed by atoms with van der Waals surface area (Å²) in [5, 5.41) is 0. The fourth-order valence-electron chi connectivity index (χ4n) is 5.81. The maximum Gasteiger partial charge on any atom is 0.166 e. The lowest BCUT2D eigenvalue weighted by atomic mass is 9.77. The average Bonchev–Trinajstić information content (AvgIpc) is 2.90. The van der Waals surface area contributed by atoms with Gasteiger partial charge in [-0.25, -0.2) is 13.2 Å². The summed E-state index contributed by atoms with van der Waals surface area (Å²) >= 11 is 0. The van der Waals surface area contributed by atoms with Gasteiger partial charge in [0.05, 0.1) is 0 Å². The van der Waals surface area contributed by atoms with Crippen LogP contribution in [0.5, 0.6) is 0 Å². The number of benzene rings is 2. The third-order valence-corrected chi connectivity index (χ3v) is 8.00. The van der Waals surface area contributed by atoms with Gasteiger partial charge in [-0.15, -0.1) is 0 Å². The summed E-state index contributed by atoms with van der Waals surface area (Å²) in [5.41, 5.74) is 3.12. The maximum absolute atomic E-state index is 15.0. The SMILES string of the molecule is CCCCC1C=C(F)C(c2ccc(/C=C/c3ccc(C4CCC(CCC)CC4)c(F)c3F)cc2)=CC1. The van der Waals surface area contributed by atoms with E-state index in [-0.39, 0.29) is 23.2 Å². The van der Waals surface area contributed by atoms with Gasteiger partial charge >= 0.3 is 0 Å². The quantitative estimate of drug-likeness (QED) is 0.305. The number of rotatable bonds is 9. The molecule has 0 saturated heterocycles. The number of halogens is 3. The van der Waals surface area contributed by atoms with Gasteiger partial charge in [0.2, 0.25) is 0 Å². The molecule has 2 aromatic carbocycles. The molecule has 2 aliphatic carbocycles. The van der Waals surface area contributed by atoms with Gasteiger partial charge < -0.3 is 0 Å². The summed E-state index contributed by atoms with van der Waals surface area (Å²) < 4.78 is 44.5. The van der Waals surface area contributed by atoms with Crippen LogP contribution in [0.3, 0.4) is 0 Å². The Morgan fingerprint density at radius 3 is 2.22 bits per heavy atom. The lowest BCUT2D eigenvalue weighted by Crippen LogP contribution is -2.15. The highest BCUT2D eigenvalue weighted by Crippen LogP contribution is 2.39. The molecule has 36 heavy (non-hydrogen) atoms. The maximum atomic E-state index is 15.0. The molecule has 0 radical (unpaired) electrons. The van der Waals surface area contributed by atoms with E-state index in [0.29, 0.717) is 11.1 Å². The first-order valence-corrected chi connectivity index (χ1v) is 13.8. The van der Waals surface area contributed by atoms with Crippen molar-refractivity contribution < 1.29 is 13.2 Å². The fraction of sp³-hybridized carbons (Fsp3) is 0.455. The van der Waals surface area contributed by atoms with Crippen molar-refractivity contribution in [2.75, 3.05) is 0 Å². The highest BCUT2D eigenvalue weighted by atomic mass is 19.2. The summed E-state index contributed by atoms with van der Waals surface area (Å²) in [4.78, 5) is 0. The molecule has 0 nitrogen and oxygen atoms in total. The lowest BCUT2D eigenvalue weighted by Gasteiger charge is -2.29. The van der Waals surface area contributed by atoms with E-state index in [1.807, 2.05) is 30.3 Å². The van der Waals surface area contributed by atoms with Gasteiger partial charge in [-0.3, -0.25) is 0 Å². The van der Waals surface area contributed by atoms with Crippen LogP contribution in [-0.4, -0.2) is 0 Å². The van der Waals surface area contributed by atoms with Gasteiger partial charge in [0, 0.05) is 11.1 Å². The molecule has 0 N–H and O–H groups in total. The molecular formula is C33H39F3. The fourth-order valence-corrected chi connectivity index (χ4v) is 5.81. The molecule has 1 unspecified atom stereocenters. The molecule has 4 rings (SSSR count). The average molecular weight is 493 g/mol. The van der Waals surface area contributed by atoms with Crippen LogP contribution in [0.1, 0.15) is 106 Å². The normalized spacial score (nSPS) is 22.5. The summed E-state index contributed by atoms with van der Waals surface area (Å²) in [6.07, 6.45) is 17.8. The Balaban J connectivity index is 1.40. The Bertz CT molecular complexity index is 1100. The van der Waals surface area contributed by atoms with Crippen molar-refractivity contribution in [2.45, 2.75) is 84.0 Å². The number of allylic oxidation sites excluding steroid dienone is 4. The summed E-state index contributed by atoms with van der Waals surface area (Å²) in [7, 11) is 0. The Morgan fingerprint density at radius 2 is 1.56 bits per heavy atom. The lowest BCUT2D eigenvalue weighted by molar-refractivity contribution is 0.303. The van der Waals surface area contributed by atoms with Gasteiger partial charge in [0.25, 0.3) is 0 Å². The number of hydrogen-bond donors (Lipinski definition) is 0. The van der Waals surface area contributed by atoms with Crippen molar-refractivity contribution in [3.8, 4) is 0 Å². The molecule has 0 aromatic heterocycles. The third-order valence-electron chi connectivity index (χ3n) is 8.00. The third kappa shape index (κ3) is 6.41. The molecule has 3 heteroatoms. The first-order valence-electron chi connectivity index (χ1n) is 13.8. The molecule has 0 heterocycles. The smallest absolute Gasteiger partial charge is 0.166 e. The second kappa shape index (κ2) is 12.6. The Hall–Kier alpha value is -2.55. The number of unbranched alkanes of at least 4 members (excludes halogenated alkanes) is 1. The molecule has 192 valence electrons. The van der Waals surface area contributed by atoms with Crippen molar-refractivity contribution in [2.24, 2.45) is 11.8 Å². The van der Waals surface area contributed by atoms with E-state index in [2.05, 4.69) is 13.8 Å². The predicted octanol–water partition coefficient (Wildman–Crippen LogP) is 10.7. The minimum Gasteiger partial charge on any atom is -0.207 e. The van der Waals surface area contributed by atoms with Gasteiger partial charge in [0.1, 0.15) is 5.83 Å². The highest BCUT2D eigenvalue weighted by Gasteiger charge is 2.25. The van der Waals surface area contributed by atoms with Crippen LogP contribution in [0.2, 0.25) is 0 Å². The Labute approximate surface area is 215 Å². The van der Waals surface area contributed by atoms with E-state index in [1.165, 1.54) is 12.8 Å². The van der Waals surface area contributed by atoms with E-state index in [0.717, 1.165) is 68.4 Å². The highest BCUT2D eigenvalue weighted by molar-refractivity contribution is 5.79. The second-order valence-electron chi connectivity index (χ2n) is 10.6. The summed E-state index contributed by atoms with van der Waals surface area (Å²) in [6, 6.07) is 11.0. The largest absolute Gasteiger partial charge is 0.207 e. The first kappa shape index (κ1) is 26.5. The van der Waals surface area contributed by atoms with Crippen molar-refractivity contribution in [1.29, 1.82) is 0 Å². The zero-order chi connectivity index (χ0) is 25.5. The van der Waals surface area contributed by atoms with Crippen molar-refractivity contribution in [1.82, 2.24) is 0 Å². The molecule has 2 aromatic rings. The van der Waals surface area contributed by atoms with E-state index in [1.54, 1.807) is 30.4 Å². The van der Waals surface area contributed by atoms with Gasteiger partial charge in [-0.1, -0.05) is 94.2 Å². The van der Waals surface area contributed by atoms with Crippen molar-refractivity contribution >= 4 is 17.7 Å². The topological polar surface area (TPSA) is 0 Å². The molecule has 0 aliphatic heterocycles. The van der Waals surface area contributed by atoms with Gasteiger partial charge in [0.15, 0.2) is 11.6 Å². The van der Waals surface area contributed by atoms with E-state index >= 15 is 0 Å². The minimum absolute atomic E-state index is 0.114. The number of hydrogen-bond acceptors (Lipinski definition) is 0. The zero-order valence-electron chi connectivity index (χ0n) is 21.7. The van der Waals surface area contributed by atoms with E-state index < -0.39 is 11.6 Å². The molecule has 0 spiro atoms. The molecule has 0 amide bonds. The Morgan fingerprint density at radius 1 is 0.806 bits per heavy atom. The van der Waals surface area contributed by atoms with E-state index in [4.69, 9.17) is 0 Å². The first-order chi connectivity index (χ1) is 17.5. The molecule has 1 saturated carbocycles. The Kier molecular flexibility index (Phi) is 9.29. The predicted molar refractivity (Wildman–Crippen MR) is 146 cm³/mol. The van der Waals surface area contributed by atoms with Crippen LogP contribution in [0.25, 0.3) is 17.7 Å². The standard InChI is InChI=1S/C33H39F3/c1-3-5-7-25-13-20-29(31(34)22-25)26-14-10-24(11-15-26)12-18-28-19-21-30(33(36)32(28)35)27-16-8-23(6-4-2)9-17-27/h10-12,14-15,18-23,25,27H,3-9,13,16-17H2,1-2H3/b18-12+. The van der Waals surface area contributed by atoms with Crippen molar-refractivity contribution in [3.05, 3.63) is 88.3 Å². The van der Waals surface area contributed by atoms with Crippen molar-refractivity contribution in [3.63, 3.8) is 0 Å². The summed E-state index contributed by atoms with van der Waals surface area (Å²) in [6.45, 7) is 4.36. The van der Waals surface area contributed by atoms with Crippen LogP contribution in [0.15, 0.2) is 54.4 Å². The summed E-state index contributed by atoms with van der Waals surface area (Å²) in [5.74, 6) is -0.486. The molecule has 1 fully saturated rings. The van der Waals surface area contributed by atoms with Gasteiger partial charge in [-0.05, 0) is 79.0 Å². The monoisotopic (exact) mass is 492 g/mol. The second-order valence-corrected chi connectivity index (χ2v) is 10.6. The molecule has 0 bridgehead atoms. The molecular weight excluding hydrogens is 453 g/mol. The van der Waals surface area contributed by atoms with Crippen LogP contribution in [0, 0.1) is 23.5 Å². The van der Waals surface area contributed by atoms with Crippen LogP contribution < -0.4 is 0 Å². The zero-order valence-corrected chi connectivity index (χ0v) is 21.7. The van der Waals surface area contributed by atoms with Crippen LogP contribution >= 0.6 is 0 Å². The van der Waals surface area contributed by atoms with Gasteiger partial charge in [-0.2, -0.15) is 0 Å². The van der Waals surface area contributed by atoms with E-state index in [9.17, 15) is 13.2 Å².